The summed E-state index contributed by atoms with van der Waals surface area (Å²) < 4.78 is 5.47. The first-order chi connectivity index (χ1) is 11.8. The summed E-state index contributed by atoms with van der Waals surface area (Å²) >= 11 is 0. The lowest BCUT2D eigenvalue weighted by Gasteiger charge is -2.16. The third-order valence-corrected chi connectivity index (χ3v) is 4.51. The molecule has 5 nitrogen and oxygen atoms in total. The number of rotatable bonds is 5. The summed E-state index contributed by atoms with van der Waals surface area (Å²) in [6.45, 7) is 6.45. The Kier molecular flexibility index (Phi) is 4.17. The molecule has 1 N–H and O–H groups in total. The molecule has 1 aliphatic rings. The fourth-order valence-electron chi connectivity index (χ4n) is 3.23. The molecule has 0 atom stereocenters. The number of nitrogens with one attached hydrogen (secondary N) is 1. The van der Waals surface area contributed by atoms with Gasteiger partial charge in [0.25, 0.3) is 0 Å². The van der Waals surface area contributed by atoms with E-state index in [0.717, 1.165) is 29.8 Å². The number of anilines is 1. The summed E-state index contributed by atoms with van der Waals surface area (Å²) in [5.74, 6) is 2.20. The molecule has 2 aromatic heterocycles. The second kappa shape index (κ2) is 6.61. The van der Waals surface area contributed by atoms with E-state index < -0.39 is 0 Å². The lowest BCUT2D eigenvalue weighted by Crippen LogP contribution is -2.26. The molecule has 0 radical (unpaired) electrons. The number of hydrogen-bond donors (Lipinski definition) is 1. The van der Waals surface area contributed by atoms with E-state index in [0.29, 0.717) is 11.6 Å². The first kappa shape index (κ1) is 15.1. The van der Waals surface area contributed by atoms with E-state index in [2.05, 4.69) is 34.3 Å². The number of furan rings is 1. The van der Waals surface area contributed by atoms with Crippen molar-refractivity contribution in [2.45, 2.75) is 19.8 Å². The fraction of sp³-hybridized carbons (Fsp3) is 0.368. The van der Waals surface area contributed by atoms with Crippen LogP contribution in [0.3, 0.4) is 0 Å². The maximum Gasteiger partial charge on any atom is 0.198 e. The van der Waals surface area contributed by atoms with Crippen LogP contribution in [0.4, 0.5) is 5.82 Å². The molecule has 0 spiro atoms. The average molecular weight is 322 g/mol. The normalized spacial score (nSPS) is 15.2. The van der Waals surface area contributed by atoms with Crippen LogP contribution in [0.25, 0.3) is 22.5 Å². The standard InChI is InChI=1S/C19H22N4O/c1-14-6-7-16-15(13-14)18(20-8-11-23-9-2-3-10-23)22-19(21-16)17-5-4-12-24-17/h4-7,12-13H,2-3,8-11H2,1H3,(H,20,21,22). The molecule has 24 heavy (non-hydrogen) atoms. The number of aromatic nitrogens is 2. The number of aryl methyl sites for hydroxylation is 1. The maximum atomic E-state index is 5.47. The van der Waals surface area contributed by atoms with Crippen molar-refractivity contribution in [3.63, 3.8) is 0 Å². The van der Waals surface area contributed by atoms with Crippen molar-refractivity contribution < 1.29 is 4.42 Å². The van der Waals surface area contributed by atoms with Crippen molar-refractivity contribution in [2.75, 3.05) is 31.5 Å². The van der Waals surface area contributed by atoms with Gasteiger partial charge in [-0.05, 0) is 57.1 Å². The summed E-state index contributed by atoms with van der Waals surface area (Å²) in [5, 5.41) is 4.57. The van der Waals surface area contributed by atoms with Crippen molar-refractivity contribution in [1.82, 2.24) is 14.9 Å². The van der Waals surface area contributed by atoms with E-state index >= 15 is 0 Å². The summed E-state index contributed by atoms with van der Waals surface area (Å²) in [6, 6.07) is 10.0. The first-order valence-electron chi connectivity index (χ1n) is 8.58. The van der Waals surface area contributed by atoms with Crippen LogP contribution >= 0.6 is 0 Å². The van der Waals surface area contributed by atoms with Crippen LogP contribution in [-0.2, 0) is 0 Å². The first-order valence-corrected chi connectivity index (χ1v) is 8.58. The van der Waals surface area contributed by atoms with E-state index in [4.69, 9.17) is 9.40 Å². The van der Waals surface area contributed by atoms with Gasteiger partial charge in [-0.3, -0.25) is 0 Å². The number of benzene rings is 1. The van der Waals surface area contributed by atoms with Gasteiger partial charge in [0, 0.05) is 18.5 Å². The van der Waals surface area contributed by atoms with Crippen LogP contribution < -0.4 is 5.32 Å². The Morgan fingerprint density at radius 3 is 2.83 bits per heavy atom. The van der Waals surface area contributed by atoms with Crippen LogP contribution in [-0.4, -0.2) is 41.0 Å². The molecule has 1 saturated heterocycles. The molecular weight excluding hydrogens is 300 g/mol. The highest BCUT2D eigenvalue weighted by Crippen LogP contribution is 2.26. The van der Waals surface area contributed by atoms with Gasteiger partial charge >= 0.3 is 0 Å². The molecule has 3 heterocycles. The van der Waals surface area contributed by atoms with Gasteiger partial charge in [-0.1, -0.05) is 11.6 Å². The predicted octanol–water partition coefficient (Wildman–Crippen LogP) is 3.71. The van der Waals surface area contributed by atoms with Gasteiger partial charge in [0.2, 0.25) is 0 Å². The van der Waals surface area contributed by atoms with Gasteiger partial charge in [0.05, 0.1) is 11.8 Å². The van der Waals surface area contributed by atoms with Crippen LogP contribution in [0.2, 0.25) is 0 Å². The van der Waals surface area contributed by atoms with E-state index in [9.17, 15) is 0 Å². The third kappa shape index (κ3) is 3.12. The van der Waals surface area contributed by atoms with Crippen LogP contribution in [0.15, 0.2) is 41.0 Å². The largest absolute Gasteiger partial charge is 0.461 e. The average Bonchev–Trinajstić information content (AvgIpc) is 3.28. The zero-order valence-corrected chi connectivity index (χ0v) is 14.0. The molecule has 0 unspecified atom stereocenters. The quantitative estimate of drug-likeness (QED) is 0.776. The van der Waals surface area contributed by atoms with E-state index in [-0.39, 0.29) is 0 Å². The van der Waals surface area contributed by atoms with Crippen molar-refractivity contribution in [3.05, 3.63) is 42.2 Å². The minimum absolute atomic E-state index is 0.625. The lowest BCUT2D eigenvalue weighted by molar-refractivity contribution is 0.352. The van der Waals surface area contributed by atoms with E-state index in [1.54, 1.807) is 6.26 Å². The predicted molar refractivity (Wildman–Crippen MR) is 96.1 cm³/mol. The Labute approximate surface area is 141 Å². The van der Waals surface area contributed by atoms with E-state index in [1.165, 1.54) is 31.5 Å². The van der Waals surface area contributed by atoms with Crippen LogP contribution in [0.1, 0.15) is 18.4 Å². The summed E-state index contributed by atoms with van der Waals surface area (Å²) in [6.07, 6.45) is 4.29. The number of likely N-dealkylation sites (tertiary alicyclic amines) is 1. The highest BCUT2D eigenvalue weighted by molar-refractivity contribution is 5.90. The second-order valence-electron chi connectivity index (χ2n) is 6.37. The van der Waals surface area contributed by atoms with Gasteiger partial charge in [-0.25, -0.2) is 9.97 Å². The molecule has 124 valence electrons. The molecule has 1 aliphatic heterocycles. The smallest absolute Gasteiger partial charge is 0.198 e. The van der Waals surface area contributed by atoms with E-state index in [1.807, 2.05) is 18.2 Å². The molecule has 1 fully saturated rings. The monoisotopic (exact) mass is 322 g/mol. The highest BCUT2D eigenvalue weighted by Gasteiger charge is 2.13. The fourth-order valence-corrected chi connectivity index (χ4v) is 3.23. The number of nitrogens with zero attached hydrogens (tertiary/aromatic N) is 3. The Hall–Kier alpha value is -2.40. The Morgan fingerprint density at radius 1 is 1.17 bits per heavy atom. The highest BCUT2D eigenvalue weighted by atomic mass is 16.3. The molecule has 0 saturated carbocycles. The van der Waals surface area contributed by atoms with Gasteiger partial charge in [-0.15, -0.1) is 0 Å². The summed E-state index contributed by atoms with van der Waals surface area (Å²) in [4.78, 5) is 11.9. The van der Waals surface area contributed by atoms with Gasteiger partial charge < -0.3 is 14.6 Å². The van der Waals surface area contributed by atoms with Crippen molar-refractivity contribution in [3.8, 4) is 11.6 Å². The molecule has 0 aliphatic carbocycles. The third-order valence-electron chi connectivity index (χ3n) is 4.51. The molecular formula is C19H22N4O. The zero-order chi connectivity index (χ0) is 16.4. The van der Waals surface area contributed by atoms with Crippen LogP contribution in [0, 0.1) is 6.92 Å². The molecule has 1 aromatic carbocycles. The Balaban J connectivity index is 1.64. The maximum absolute atomic E-state index is 5.47. The minimum Gasteiger partial charge on any atom is -0.461 e. The molecule has 3 aromatic rings. The topological polar surface area (TPSA) is 54.2 Å². The molecule has 5 heteroatoms. The number of hydrogen-bond acceptors (Lipinski definition) is 5. The second-order valence-corrected chi connectivity index (χ2v) is 6.37. The Bertz CT molecular complexity index is 823. The van der Waals surface area contributed by atoms with Gasteiger partial charge in [0.15, 0.2) is 11.6 Å². The molecule has 4 rings (SSSR count). The molecule has 0 amide bonds. The van der Waals surface area contributed by atoms with Crippen LogP contribution in [0.5, 0.6) is 0 Å². The van der Waals surface area contributed by atoms with Gasteiger partial charge in [-0.2, -0.15) is 0 Å². The summed E-state index contributed by atoms with van der Waals surface area (Å²) in [7, 11) is 0. The van der Waals surface area contributed by atoms with Crippen molar-refractivity contribution >= 4 is 16.7 Å². The summed E-state index contributed by atoms with van der Waals surface area (Å²) in [5.41, 5.74) is 2.14. The van der Waals surface area contributed by atoms with Crippen molar-refractivity contribution in [2.24, 2.45) is 0 Å². The lowest BCUT2D eigenvalue weighted by atomic mass is 10.1. The minimum atomic E-state index is 0.625. The molecule has 0 bridgehead atoms. The Morgan fingerprint density at radius 2 is 2.04 bits per heavy atom. The zero-order valence-electron chi connectivity index (χ0n) is 14.0. The van der Waals surface area contributed by atoms with Gasteiger partial charge in [0.1, 0.15) is 5.82 Å². The SMILES string of the molecule is Cc1ccc2nc(-c3ccco3)nc(NCCN3CCCC3)c2c1. The van der Waals surface area contributed by atoms with Crippen molar-refractivity contribution in [1.29, 1.82) is 0 Å². The number of fused-ring (bicyclic) bond motifs is 1.